The number of hydrogen-bond acceptors (Lipinski definition) is 5. The fraction of sp³-hybridized carbons (Fsp3) is 0.577. The Kier molecular flexibility index (Phi) is 8.68. The van der Waals surface area contributed by atoms with Crippen molar-refractivity contribution in [1.82, 2.24) is 24.9 Å². The lowest BCUT2D eigenvalue weighted by Crippen LogP contribution is -2.53. The Bertz CT molecular complexity index is 977. The van der Waals surface area contributed by atoms with Crippen LogP contribution in [0.25, 0.3) is 0 Å². The molecule has 0 radical (unpaired) electrons. The lowest BCUT2D eigenvalue weighted by molar-refractivity contribution is -0.142. The number of rotatable bonds is 9. The second kappa shape index (κ2) is 11.9. The number of carbonyl (C=O) groups is 2. The highest BCUT2D eigenvalue weighted by Crippen LogP contribution is 2.36. The summed E-state index contributed by atoms with van der Waals surface area (Å²) in [6.45, 7) is 4.92. The molecule has 2 amide bonds. The molecule has 2 aliphatic heterocycles. The Balaban J connectivity index is 1.41. The molecule has 9 heteroatoms. The van der Waals surface area contributed by atoms with Crippen molar-refractivity contribution in [2.45, 2.75) is 38.5 Å². The Morgan fingerprint density at radius 1 is 1.14 bits per heavy atom. The zero-order valence-electron chi connectivity index (χ0n) is 20.5. The number of amides is 2. The second-order valence-electron chi connectivity index (χ2n) is 9.99. The van der Waals surface area contributed by atoms with Crippen LogP contribution in [-0.2, 0) is 16.0 Å². The number of aromatic nitrogens is 2. The number of aromatic amines is 1. The number of likely N-dealkylation sites (tertiary alicyclic amines) is 1. The zero-order valence-corrected chi connectivity index (χ0v) is 21.3. The van der Waals surface area contributed by atoms with Crippen LogP contribution in [0.3, 0.4) is 0 Å². The first-order valence-corrected chi connectivity index (χ1v) is 12.9. The fourth-order valence-electron chi connectivity index (χ4n) is 5.03. The van der Waals surface area contributed by atoms with Crippen molar-refractivity contribution < 1.29 is 14.3 Å². The van der Waals surface area contributed by atoms with Crippen molar-refractivity contribution in [3.8, 4) is 5.75 Å². The van der Waals surface area contributed by atoms with Crippen LogP contribution in [0.4, 0.5) is 0 Å². The zero-order chi connectivity index (χ0) is 24.7. The minimum Gasteiger partial charge on any atom is -0.493 e. The van der Waals surface area contributed by atoms with E-state index in [0.29, 0.717) is 36.8 Å². The molecule has 35 heavy (non-hydrogen) atoms. The summed E-state index contributed by atoms with van der Waals surface area (Å²) in [6.07, 6.45) is 7.86. The van der Waals surface area contributed by atoms with E-state index in [0.717, 1.165) is 64.0 Å². The molecule has 1 unspecified atom stereocenters. The second-order valence-corrected chi connectivity index (χ2v) is 10.4. The molecule has 0 saturated carbocycles. The van der Waals surface area contributed by atoms with E-state index in [1.54, 1.807) is 12.3 Å². The summed E-state index contributed by atoms with van der Waals surface area (Å²) in [5.41, 5.74) is 0.694. The lowest BCUT2D eigenvalue weighted by atomic mass is 9.77. The molecule has 1 aromatic heterocycles. The van der Waals surface area contributed by atoms with Crippen molar-refractivity contribution in [1.29, 1.82) is 0 Å². The summed E-state index contributed by atoms with van der Waals surface area (Å²) < 4.78 is 6.18. The van der Waals surface area contributed by atoms with Crippen LogP contribution >= 0.6 is 11.6 Å². The number of ether oxygens (including phenoxy) is 1. The average molecular weight is 502 g/mol. The van der Waals surface area contributed by atoms with E-state index in [4.69, 9.17) is 16.3 Å². The molecule has 2 aromatic rings. The van der Waals surface area contributed by atoms with Gasteiger partial charge in [-0.25, -0.2) is 0 Å². The molecule has 1 aromatic carbocycles. The lowest BCUT2D eigenvalue weighted by Gasteiger charge is -2.43. The van der Waals surface area contributed by atoms with Gasteiger partial charge in [-0.05, 0) is 56.5 Å². The molecule has 0 bridgehead atoms. The molecule has 1 atom stereocenters. The number of likely N-dealkylation sites (N-methyl/N-ethyl adjacent to an activating group) is 1. The first-order chi connectivity index (χ1) is 16.9. The van der Waals surface area contributed by atoms with E-state index < -0.39 is 5.41 Å². The SMILES string of the molecule is CN1CCN(C(=O)CC2(COc3cccc(Cl)c3)CCCN(C(=O)CCCc3cn[nH]c3)C2)CC1. The summed E-state index contributed by atoms with van der Waals surface area (Å²) >= 11 is 6.15. The predicted molar refractivity (Wildman–Crippen MR) is 135 cm³/mol. The molecular formula is C26H36ClN5O3. The summed E-state index contributed by atoms with van der Waals surface area (Å²) in [4.78, 5) is 32.6. The van der Waals surface area contributed by atoms with Gasteiger partial charge in [0.25, 0.3) is 0 Å². The highest BCUT2D eigenvalue weighted by molar-refractivity contribution is 6.30. The maximum absolute atomic E-state index is 13.3. The Labute approximate surface area is 212 Å². The van der Waals surface area contributed by atoms with Gasteiger partial charge < -0.3 is 19.4 Å². The standard InChI is InChI=1S/C26H36ClN5O3/c1-30-11-13-31(14-12-30)25(34)16-26(20-35-23-7-3-6-22(27)15-23)9-4-10-32(19-26)24(33)8-2-5-21-17-28-29-18-21/h3,6-7,15,17-18H,2,4-5,8-14,16,19-20H2,1H3,(H,28,29). The van der Waals surface area contributed by atoms with Crippen molar-refractivity contribution in [2.24, 2.45) is 5.41 Å². The number of piperazine rings is 1. The molecule has 8 nitrogen and oxygen atoms in total. The van der Waals surface area contributed by atoms with Crippen molar-refractivity contribution in [3.05, 3.63) is 47.2 Å². The van der Waals surface area contributed by atoms with E-state index in [-0.39, 0.29) is 11.8 Å². The first-order valence-electron chi connectivity index (χ1n) is 12.5. The van der Waals surface area contributed by atoms with E-state index in [1.807, 2.05) is 34.2 Å². The maximum Gasteiger partial charge on any atom is 0.223 e. The number of nitrogens with one attached hydrogen (secondary N) is 1. The third kappa shape index (κ3) is 7.21. The highest BCUT2D eigenvalue weighted by atomic mass is 35.5. The van der Waals surface area contributed by atoms with E-state index in [2.05, 4.69) is 22.1 Å². The van der Waals surface area contributed by atoms with Crippen LogP contribution < -0.4 is 4.74 Å². The number of nitrogens with zero attached hydrogens (tertiary/aromatic N) is 4. The molecule has 190 valence electrons. The molecule has 4 rings (SSSR count). The summed E-state index contributed by atoms with van der Waals surface area (Å²) in [5, 5.41) is 7.40. The summed E-state index contributed by atoms with van der Waals surface area (Å²) in [6, 6.07) is 7.34. The molecule has 2 aliphatic rings. The Morgan fingerprint density at radius 3 is 2.71 bits per heavy atom. The Morgan fingerprint density at radius 2 is 1.97 bits per heavy atom. The summed E-state index contributed by atoms with van der Waals surface area (Å²) in [7, 11) is 2.08. The number of aryl methyl sites for hydroxylation is 1. The third-order valence-corrected chi connectivity index (χ3v) is 7.38. The van der Waals surface area contributed by atoms with Gasteiger partial charge in [0.05, 0.1) is 12.8 Å². The van der Waals surface area contributed by atoms with Crippen LogP contribution in [0.15, 0.2) is 36.7 Å². The van der Waals surface area contributed by atoms with E-state index in [9.17, 15) is 9.59 Å². The Hall–Kier alpha value is -2.58. The molecule has 0 aliphatic carbocycles. The number of piperidine rings is 1. The van der Waals surface area contributed by atoms with Gasteiger partial charge in [-0.15, -0.1) is 0 Å². The van der Waals surface area contributed by atoms with Gasteiger partial charge in [-0.3, -0.25) is 14.7 Å². The smallest absolute Gasteiger partial charge is 0.223 e. The molecular weight excluding hydrogens is 466 g/mol. The minimum atomic E-state index is -0.415. The monoisotopic (exact) mass is 501 g/mol. The molecule has 0 spiro atoms. The van der Waals surface area contributed by atoms with Gasteiger partial charge in [0.2, 0.25) is 11.8 Å². The van der Waals surface area contributed by atoms with Crippen molar-refractivity contribution in [2.75, 3.05) is 52.9 Å². The number of benzene rings is 1. The van der Waals surface area contributed by atoms with Crippen LogP contribution in [0, 0.1) is 5.41 Å². The third-order valence-electron chi connectivity index (χ3n) is 7.15. The van der Waals surface area contributed by atoms with Gasteiger partial charge in [0, 0.05) is 68.7 Å². The average Bonchev–Trinajstić information content (AvgIpc) is 3.37. The van der Waals surface area contributed by atoms with Gasteiger partial charge in [-0.2, -0.15) is 5.10 Å². The van der Waals surface area contributed by atoms with E-state index in [1.165, 1.54) is 0 Å². The maximum atomic E-state index is 13.3. The number of hydrogen-bond donors (Lipinski definition) is 1. The fourth-order valence-corrected chi connectivity index (χ4v) is 5.21. The number of H-pyrrole nitrogens is 1. The quantitative estimate of drug-likeness (QED) is 0.570. The van der Waals surface area contributed by atoms with Gasteiger partial charge in [0.1, 0.15) is 5.75 Å². The molecule has 2 saturated heterocycles. The normalized spacial score (nSPS) is 21.2. The van der Waals surface area contributed by atoms with Gasteiger partial charge in [0.15, 0.2) is 0 Å². The number of carbonyl (C=O) groups excluding carboxylic acids is 2. The summed E-state index contributed by atoms with van der Waals surface area (Å²) in [5.74, 6) is 0.988. The van der Waals surface area contributed by atoms with Gasteiger partial charge >= 0.3 is 0 Å². The first kappa shape index (κ1) is 25.5. The van der Waals surface area contributed by atoms with Crippen LogP contribution in [0.2, 0.25) is 5.02 Å². The van der Waals surface area contributed by atoms with Gasteiger partial charge in [-0.1, -0.05) is 17.7 Å². The van der Waals surface area contributed by atoms with Crippen molar-refractivity contribution in [3.63, 3.8) is 0 Å². The minimum absolute atomic E-state index is 0.146. The van der Waals surface area contributed by atoms with Crippen LogP contribution in [0.1, 0.15) is 37.7 Å². The predicted octanol–water partition coefficient (Wildman–Crippen LogP) is 3.24. The molecule has 3 heterocycles. The van der Waals surface area contributed by atoms with Crippen LogP contribution in [-0.4, -0.2) is 89.6 Å². The highest BCUT2D eigenvalue weighted by Gasteiger charge is 2.41. The van der Waals surface area contributed by atoms with Crippen LogP contribution in [0.5, 0.6) is 5.75 Å². The van der Waals surface area contributed by atoms with E-state index >= 15 is 0 Å². The molecule has 2 fully saturated rings. The molecule has 1 N–H and O–H groups in total. The topological polar surface area (TPSA) is 81.8 Å². The largest absolute Gasteiger partial charge is 0.493 e. The number of halogens is 1. The van der Waals surface area contributed by atoms with Crippen molar-refractivity contribution >= 4 is 23.4 Å².